The van der Waals surface area contributed by atoms with Gasteiger partial charge in [0.25, 0.3) is 0 Å². The Morgan fingerprint density at radius 3 is 2.29 bits per heavy atom. The van der Waals surface area contributed by atoms with Crippen LogP contribution in [0.1, 0.15) is 32.3 Å². The van der Waals surface area contributed by atoms with Crippen molar-refractivity contribution in [2.45, 2.75) is 33.1 Å². The molecular formula is C20H24NO3-. The van der Waals surface area contributed by atoms with E-state index in [4.69, 9.17) is 0 Å². The fourth-order valence-electron chi connectivity index (χ4n) is 4.68. The van der Waals surface area contributed by atoms with Crippen LogP contribution in [-0.4, -0.2) is 18.4 Å². The summed E-state index contributed by atoms with van der Waals surface area (Å²) < 4.78 is 0. The quantitative estimate of drug-likeness (QED) is 0.838. The first-order chi connectivity index (χ1) is 11.5. The van der Waals surface area contributed by atoms with Gasteiger partial charge in [-0.2, -0.15) is 0 Å². The van der Waals surface area contributed by atoms with Gasteiger partial charge < -0.3 is 15.2 Å². The van der Waals surface area contributed by atoms with Crippen LogP contribution in [0, 0.1) is 23.7 Å². The zero-order valence-electron chi connectivity index (χ0n) is 14.2. The number of carboxylic acid groups (broad SMARTS) is 1. The van der Waals surface area contributed by atoms with Gasteiger partial charge in [0.1, 0.15) is 0 Å². The molecule has 128 valence electrons. The van der Waals surface area contributed by atoms with Gasteiger partial charge in [-0.3, -0.25) is 4.79 Å². The van der Waals surface area contributed by atoms with Gasteiger partial charge in [-0.1, -0.05) is 41.5 Å². The summed E-state index contributed by atoms with van der Waals surface area (Å²) >= 11 is 0. The molecule has 2 aliphatic rings. The summed E-state index contributed by atoms with van der Waals surface area (Å²) in [7, 11) is 0. The number of allylic oxidation sites excluding steroid dienone is 2. The van der Waals surface area contributed by atoms with Crippen molar-refractivity contribution in [3.63, 3.8) is 0 Å². The number of rotatable bonds is 5. The highest BCUT2D eigenvalue weighted by molar-refractivity contribution is 5.87. The van der Waals surface area contributed by atoms with Gasteiger partial charge in [0.05, 0.1) is 5.92 Å². The molecule has 4 heteroatoms. The molecule has 3 rings (SSSR count). The number of nitrogens with one attached hydrogen (secondary N) is 1. The zero-order valence-corrected chi connectivity index (χ0v) is 14.2. The van der Waals surface area contributed by atoms with E-state index >= 15 is 0 Å². The van der Waals surface area contributed by atoms with Crippen LogP contribution >= 0.6 is 0 Å². The van der Waals surface area contributed by atoms with Gasteiger partial charge in [0, 0.05) is 18.4 Å². The van der Waals surface area contributed by atoms with E-state index < -0.39 is 17.8 Å². The van der Waals surface area contributed by atoms with Gasteiger partial charge >= 0.3 is 0 Å². The predicted molar refractivity (Wildman–Crippen MR) is 89.7 cm³/mol. The van der Waals surface area contributed by atoms with E-state index in [1.807, 2.05) is 44.2 Å². The van der Waals surface area contributed by atoms with Crippen LogP contribution in [0.4, 0.5) is 0 Å². The normalized spacial score (nSPS) is 28.0. The van der Waals surface area contributed by atoms with Crippen molar-refractivity contribution >= 4 is 11.9 Å². The van der Waals surface area contributed by atoms with Gasteiger partial charge in [-0.05, 0) is 50.5 Å². The van der Waals surface area contributed by atoms with E-state index in [0.717, 1.165) is 30.4 Å². The molecule has 2 aliphatic carbocycles. The Morgan fingerprint density at radius 2 is 1.71 bits per heavy atom. The Bertz CT molecular complexity index is 661. The molecule has 1 amide bonds. The fraction of sp³-hybridized carbons (Fsp3) is 0.500. The summed E-state index contributed by atoms with van der Waals surface area (Å²) in [5.74, 6) is -2.32. The highest BCUT2D eigenvalue weighted by Crippen LogP contribution is 2.56. The van der Waals surface area contributed by atoms with E-state index in [1.54, 1.807) is 0 Å². The standard InChI is InChI=1S/C20H25NO3/c1-12(2)16-14-8-9-15(16)18(20(23)24)17(14)19(22)21-11-10-13-6-4-3-5-7-13/h3-7,14-15,17-18H,8-11H2,1-2H3,(H,21,22)(H,23,24)/p-1/t14-,15-,17+,18-/m0/s1. The Labute approximate surface area is 143 Å². The van der Waals surface area contributed by atoms with Crippen molar-refractivity contribution in [2.75, 3.05) is 6.54 Å². The number of hydrogen-bond donors (Lipinski definition) is 1. The first-order valence-corrected chi connectivity index (χ1v) is 8.70. The van der Waals surface area contributed by atoms with Crippen LogP contribution < -0.4 is 10.4 Å². The number of carbonyl (C=O) groups excluding carboxylic acids is 2. The minimum Gasteiger partial charge on any atom is -0.550 e. The molecule has 2 saturated carbocycles. The molecule has 2 bridgehead atoms. The fourth-order valence-corrected chi connectivity index (χ4v) is 4.68. The molecule has 1 aromatic rings. The number of fused-ring (bicyclic) bond motifs is 2. The highest BCUT2D eigenvalue weighted by atomic mass is 16.4. The van der Waals surface area contributed by atoms with Crippen molar-refractivity contribution in [1.82, 2.24) is 5.32 Å². The Hall–Kier alpha value is -2.10. The van der Waals surface area contributed by atoms with Gasteiger partial charge in [-0.15, -0.1) is 0 Å². The second-order valence-electron chi connectivity index (χ2n) is 7.14. The Morgan fingerprint density at radius 1 is 1.08 bits per heavy atom. The lowest BCUT2D eigenvalue weighted by molar-refractivity contribution is -0.314. The SMILES string of the molecule is CC(C)=C1[C@@H]2CC[C@@H]1[C@@H](C(=O)NCCc1ccccc1)[C@H]2C(=O)[O-]. The molecule has 1 N–H and O–H groups in total. The van der Waals surface area contributed by atoms with Crippen molar-refractivity contribution in [2.24, 2.45) is 23.7 Å². The third-order valence-electron chi connectivity index (χ3n) is 5.55. The largest absolute Gasteiger partial charge is 0.550 e. The van der Waals surface area contributed by atoms with Crippen LogP contribution in [0.2, 0.25) is 0 Å². The van der Waals surface area contributed by atoms with Crippen LogP contribution in [0.15, 0.2) is 41.5 Å². The maximum atomic E-state index is 12.7. The molecule has 0 spiro atoms. The first kappa shape index (κ1) is 16.7. The predicted octanol–water partition coefficient (Wildman–Crippen LogP) is 1.70. The van der Waals surface area contributed by atoms with E-state index in [-0.39, 0.29) is 17.7 Å². The van der Waals surface area contributed by atoms with Crippen LogP contribution in [-0.2, 0) is 16.0 Å². The van der Waals surface area contributed by atoms with Crippen molar-refractivity contribution in [1.29, 1.82) is 0 Å². The molecule has 24 heavy (non-hydrogen) atoms. The molecule has 0 saturated heterocycles. The molecule has 0 heterocycles. The van der Waals surface area contributed by atoms with E-state index in [9.17, 15) is 14.7 Å². The summed E-state index contributed by atoms with van der Waals surface area (Å²) in [5.41, 5.74) is 3.51. The van der Waals surface area contributed by atoms with Crippen LogP contribution in [0.3, 0.4) is 0 Å². The summed E-state index contributed by atoms with van der Waals surface area (Å²) in [5, 5.41) is 14.6. The lowest BCUT2D eigenvalue weighted by Gasteiger charge is -2.30. The molecule has 1 aromatic carbocycles. The van der Waals surface area contributed by atoms with Crippen LogP contribution in [0.5, 0.6) is 0 Å². The molecule has 0 aliphatic heterocycles. The number of aliphatic carboxylic acids is 1. The van der Waals surface area contributed by atoms with Gasteiger partial charge in [0.2, 0.25) is 5.91 Å². The minimum absolute atomic E-state index is 0.0186. The minimum atomic E-state index is -1.08. The number of hydrogen-bond acceptors (Lipinski definition) is 3. The summed E-state index contributed by atoms with van der Waals surface area (Å²) in [6, 6.07) is 9.95. The average Bonchev–Trinajstić information content (AvgIpc) is 3.11. The smallest absolute Gasteiger partial charge is 0.224 e. The van der Waals surface area contributed by atoms with Crippen molar-refractivity contribution in [3.8, 4) is 0 Å². The number of carboxylic acids is 1. The first-order valence-electron chi connectivity index (χ1n) is 8.70. The number of carbonyl (C=O) groups is 2. The molecular weight excluding hydrogens is 302 g/mol. The van der Waals surface area contributed by atoms with E-state index in [2.05, 4.69) is 5.32 Å². The lowest BCUT2D eigenvalue weighted by atomic mass is 9.78. The third kappa shape index (κ3) is 2.97. The Balaban J connectivity index is 1.69. The monoisotopic (exact) mass is 326 g/mol. The molecule has 0 aromatic heterocycles. The third-order valence-corrected chi connectivity index (χ3v) is 5.55. The summed E-state index contributed by atoms with van der Waals surface area (Å²) in [6.45, 7) is 4.56. The topological polar surface area (TPSA) is 69.2 Å². The Kier molecular flexibility index (Phi) is 4.74. The average molecular weight is 326 g/mol. The van der Waals surface area contributed by atoms with Gasteiger partial charge in [-0.25, -0.2) is 0 Å². The molecule has 0 radical (unpaired) electrons. The van der Waals surface area contributed by atoms with Crippen molar-refractivity contribution in [3.05, 3.63) is 47.0 Å². The van der Waals surface area contributed by atoms with E-state index in [0.29, 0.717) is 6.54 Å². The maximum Gasteiger partial charge on any atom is 0.224 e. The lowest BCUT2D eigenvalue weighted by Crippen LogP contribution is -2.46. The molecule has 4 atom stereocenters. The molecule has 2 fully saturated rings. The second-order valence-corrected chi connectivity index (χ2v) is 7.14. The summed E-state index contributed by atoms with van der Waals surface area (Å²) in [6.07, 6.45) is 2.52. The zero-order chi connectivity index (χ0) is 17.3. The van der Waals surface area contributed by atoms with E-state index in [1.165, 1.54) is 5.57 Å². The molecule has 0 unspecified atom stereocenters. The number of amides is 1. The maximum absolute atomic E-state index is 12.7. The number of benzene rings is 1. The van der Waals surface area contributed by atoms with Crippen molar-refractivity contribution < 1.29 is 14.7 Å². The van der Waals surface area contributed by atoms with Gasteiger partial charge in [0.15, 0.2) is 0 Å². The second kappa shape index (κ2) is 6.80. The van der Waals surface area contributed by atoms with Crippen LogP contribution in [0.25, 0.3) is 0 Å². The highest BCUT2D eigenvalue weighted by Gasteiger charge is 2.54. The molecule has 4 nitrogen and oxygen atoms in total. The summed E-state index contributed by atoms with van der Waals surface area (Å²) in [4.78, 5) is 24.3.